The summed E-state index contributed by atoms with van der Waals surface area (Å²) >= 11 is 0. The van der Waals surface area contributed by atoms with Gasteiger partial charge < -0.3 is 9.84 Å². The first-order valence-corrected chi connectivity index (χ1v) is 9.95. The van der Waals surface area contributed by atoms with Crippen LogP contribution in [0.3, 0.4) is 0 Å². The fourth-order valence-corrected chi connectivity index (χ4v) is 4.75. The zero-order valence-corrected chi connectivity index (χ0v) is 14.8. The van der Waals surface area contributed by atoms with Gasteiger partial charge in [0.05, 0.1) is 18.1 Å². The molecular formula is C17H21N3O4S. The molecule has 0 bridgehead atoms. The average Bonchev–Trinajstić information content (AvgIpc) is 3.13. The van der Waals surface area contributed by atoms with Gasteiger partial charge in [-0.1, -0.05) is 35.5 Å². The fraction of sp³-hybridized carbons (Fsp3) is 0.412. The highest BCUT2D eigenvalue weighted by atomic mass is 32.2. The third kappa shape index (κ3) is 4.90. The minimum atomic E-state index is -3.02. The SMILES string of the molecule is Cc1cc(NC(=O)CN(Cc2ccccc2)[C@@H]2CCS(=O)(=O)C2)no1. The zero-order valence-electron chi connectivity index (χ0n) is 14.0. The number of nitrogens with zero attached hydrogens (tertiary/aromatic N) is 2. The number of carbonyl (C=O) groups excluding carboxylic acids is 1. The molecule has 0 spiro atoms. The number of hydrogen-bond donors (Lipinski definition) is 1. The summed E-state index contributed by atoms with van der Waals surface area (Å²) in [4.78, 5) is 14.3. The molecule has 1 N–H and O–H groups in total. The highest BCUT2D eigenvalue weighted by Crippen LogP contribution is 2.20. The monoisotopic (exact) mass is 363 g/mol. The number of carbonyl (C=O) groups is 1. The van der Waals surface area contributed by atoms with Crippen molar-refractivity contribution in [1.29, 1.82) is 0 Å². The molecule has 2 heterocycles. The van der Waals surface area contributed by atoms with Crippen LogP contribution in [0.4, 0.5) is 5.82 Å². The van der Waals surface area contributed by atoms with Crippen molar-refractivity contribution in [3.05, 3.63) is 47.7 Å². The van der Waals surface area contributed by atoms with Crippen LogP contribution < -0.4 is 5.32 Å². The minimum absolute atomic E-state index is 0.0934. The lowest BCUT2D eigenvalue weighted by molar-refractivity contribution is -0.118. The second-order valence-corrected chi connectivity index (χ2v) is 8.55. The maximum Gasteiger partial charge on any atom is 0.239 e. The number of hydrogen-bond acceptors (Lipinski definition) is 6. The molecule has 1 amide bonds. The van der Waals surface area contributed by atoms with Gasteiger partial charge in [0, 0.05) is 18.7 Å². The Labute approximate surface area is 146 Å². The number of nitrogens with one attached hydrogen (secondary N) is 1. The third-order valence-electron chi connectivity index (χ3n) is 4.20. The van der Waals surface area contributed by atoms with E-state index in [1.54, 1.807) is 13.0 Å². The summed E-state index contributed by atoms with van der Waals surface area (Å²) in [7, 11) is -3.02. The molecule has 0 aliphatic carbocycles. The van der Waals surface area contributed by atoms with E-state index in [0.29, 0.717) is 24.5 Å². The van der Waals surface area contributed by atoms with Crippen LogP contribution in [0, 0.1) is 6.92 Å². The Morgan fingerprint density at radius 1 is 1.36 bits per heavy atom. The largest absolute Gasteiger partial charge is 0.360 e. The first kappa shape index (κ1) is 17.6. The van der Waals surface area contributed by atoms with E-state index in [4.69, 9.17) is 4.52 Å². The van der Waals surface area contributed by atoms with Crippen LogP contribution >= 0.6 is 0 Å². The normalized spacial score (nSPS) is 19.2. The Kier molecular flexibility index (Phi) is 5.19. The minimum Gasteiger partial charge on any atom is -0.360 e. The molecule has 1 aromatic heterocycles. The molecule has 1 fully saturated rings. The first-order chi connectivity index (χ1) is 11.9. The Morgan fingerprint density at radius 3 is 2.72 bits per heavy atom. The van der Waals surface area contributed by atoms with Gasteiger partial charge in [-0.05, 0) is 18.9 Å². The van der Waals surface area contributed by atoms with Crippen molar-refractivity contribution in [2.45, 2.75) is 25.9 Å². The van der Waals surface area contributed by atoms with Gasteiger partial charge in [-0.2, -0.15) is 0 Å². The van der Waals surface area contributed by atoms with E-state index in [2.05, 4.69) is 10.5 Å². The second kappa shape index (κ2) is 7.37. The van der Waals surface area contributed by atoms with Gasteiger partial charge in [0.1, 0.15) is 5.76 Å². The summed E-state index contributed by atoms with van der Waals surface area (Å²) in [6.07, 6.45) is 0.547. The summed E-state index contributed by atoms with van der Waals surface area (Å²) in [5.41, 5.74) is 1.04. The van der Waals surface area contributed by atoms with Gasteiger partial charge in [-0.3, -0.25) is 9.69 Å². The summed E-state index contributed by atoms with van der Waals surface area (Å²) in [5, 5.41) is 6.43. The number of benzene rings is 1. The van der Waals surface area contributed by atoms with E-state index < -0.39 is 9.84 Å². The summed E-state index contributed by atoms with van der Waals surface area (Å²) in [6, 6.07) is 11.2. The van der Waals surface area contributed by atoms with Crippen molar-refractivity contribution < 1.29 is 17.7 Å². The molecule has 1 atom stereocenters. The van der Waals surface area contributed by atoms with Crippen LogP contribution in [-0.2, 0) is 21.2 Å². The molecule has 1 aliphatic rings. The predicted molar refractivity (Wildman–Crippen MR) is 93.8 cm³/mol. The van der Waals surface area contributed by atoms with Crippen molar-refractivity contribution in [2.75, 3.05) is 23.4 Å². The van der Waals surface area contributed by atoms with Crippen LogP contribution in [0.5, 0.6) is 0 Å². The van der Waals surface area contributed by atoms with Crippen LogP contribution in [0.1, 0.15) is 17.7 Å². The fourth-order valence-electron chi connectivity index (χ4n) is 2.99. The van der Waals surface area contributed by atoms with Gasteiger partial charge >= 0.3 is 0 Å². The lowest BCUT2D eigenvalue weighted by Gasteiger charge is -2.27. The maximum absolute atomic E-state index is 12.4. The Balaban J connectivity index is 1.70. The van der Waals surface area contributed by atoms with Crippen molar-refractivity contribution in [3.8, 4) is 0 Å². The Hall–Kier alpha value is -2.19. The Morgan fingerprint density at radius 2 is 2.12 bits per heavy atom. The number of aromatic nitrogens is 1. The quantitative estimate of drug-likeness (QED) is 0.838. The van der Waals surface area contributed by atoms with Gasteiger partial charge in [0.2, 0.25) is 5.91 Å². The second-order valence-electron chi connectivity index (χ2n) is 6.32. The van der Waals surface area contributed by atoms with E-state index in [9.17, 15) is 13.2 Å². The van der Waals surface area contributed by atoms with Crippen LogP contribution in [0.2, 0.25) is 0 Å². The number of sulfone groups is 1. The average molecular weight is 363 g/mol. The van der Waals surface area contributed by atoms with Crippen molar-refractivity contribution in [2.24, 2.45) is 0 Å². The van der Waals surface area contributed by atoms with E-state index in [0.717, 1.165) is 5.56 Å². The molecule has 25 heavy (non-hydrogen) atoms. The Bertz CT molecular complexity index is 833. The lowest BCUT2D eigenvalue weighted by atomic mass is 10.1. The van der Waals surface area contributed by atoms with Crippen LogP contribution in [-0.4, -0.2) is 48.5 Å². The smallest absolute Gasteiger partial charge is 0.239 e. The lowest BCUT2D eigenvalue weighted by Crippen LogP contribution is -2.41. The molecule has 1 aliphatic heterocycles. The standard InChI is InChI=1S/C17H21N3O4S/c1-13-9-16(19-24-13)18-17(21)11-20(10-14-5-3-2-4-6-14)15-7-8-25(22,23)12-15/h2-6,9,15H,7-8,10-12H2,1H3,(H,18,19,21)/t15-/m1/s1. The van der Waals surface area contributed by atoms with E-state index in [1.165, 1.54) is 0 Å². The van der Waals surface area contributed by atoms with Crippen LogP contribution in [0.15, 0.2) is 40.9 Å². The molecule has 1 saturated heterocycles. The van der Waals surface area contributed by atoms with Gasteiger partial charge in [0.25, 0.3) is 0 Å². The summed E-state index contributed by atoms with van der Waals surface area (Å²) in [6.45, 7) is 2.36. The molecule has 0 unspecified atom stereocenters. The van der Waals surface area contributed by atoms with Crippen molar-refractivity contribution in [3.63, 3.8) is 0 Å². The third-order valence-corrected chi connectivity index (χ3v) is 5.95. The number of rotatable bonds is 6. The van der Waals surface area contributed by atoms with E-state index >= 15 is 0 Å². The van der Waals surface area contributed by atoms with Crippen molar-refractivity contribution in [1.82, 2.24) is 10.1 Å². The molecule has 0 saturated carbocycles. The first-order valence-electron chi connectivity index (χ1n) is 8.13. The van der Waals surface area contributed by atoms with Gasteiger partial charge in [-0.25, -0.2) is 8.42 Å². The molecule has 2 aromatic rings. The van der Waals surface area contributed by atoms with Crippen molar-refractivity contribution >= 4 is 21.6 Å². The molecule has 8 heteroatoms. The molecule has 1 aromatic carbocycles. The predicted octanol–water partition coefficient (Wildman–Crippen LogP) is 1.61. The zero-order chi connectivity index (χ0) is 17.9. The summed E-state index contributed by atoms with van der Waals surface area (Å²) < 4.78 is 28.6. The summed E-state index contributed by atoms with van der Waals surface area (Å²) in [5.74, 6) is 0.997. The van der Waals surface area contributed by atoms with Gasteiger partial charge in [-0.15, -0.1) is 0 Å². The molecule has 7 nitrogen and oxygen atoms in total. The highest BCUT2D eigenvalue weighted by Gasteiger charge is 2.33. The number of aryl methyl sites for hydroxylation is 1. The van der Waals surface area contributed by atoms with Crippen LogP contribution in [0.25, 0.3) is 0 Å². The van der Waals surface area contributed by atoms with Gasteiger partial charge in [0.15, 0.2) is 15.7 Å². The molecule has 134 valence electrons. The molecule has 3 rings (SSSR count). The molecule has 0 radical (unpaired) electrons. The highest BCUT2D eigenvalue weighted by molar-refractivity contribution is 7.91. The van der Waals surface area contributed by atoms with E-state index in [1.807, 2.05) is 35.2 Å². The number of amides is 1. The van der Waals surface area contributed by atoms with E-state index in [-0.39, 0.29) is 30.0 Å². The number of anilines is 1. The molecular weight excluding hydrogens is 342 g/mol. The maximum atomic E-state index is 12.4. The topological polar surface area (TPSA) is 92.5 Å².